The van der Waals surface area contributed by atoms with Crippen LogP contribution in [-0.4, -0.2) is 50.6 Å². The molecule has 0 saturated heterocycles. The average molecular weight is 581 g/mol. The SMILES string of the molecule is [N-]=[N+]=Nc1ccc(C(=O)NCCCCCCC(=CC(N)C(=O)O)CP(=O)(O)O)c(O)c1I. The minimum atomic E-state index is -4.34. The molecule has 1 aromatic carbocycles. The molecule has 0 saturated carbocycles. The Morgan fingerprint density at radius 2 is 1.94 bits per heavy atom. The van der Waals surface area contributed by atoms with Crippen molar-refractivity contribution in [3.8, 4) is 5.75 Å². The Morgan fingerprint density at radius 1 is 1.28 bits per heavy atom. The van der Waals surface area contributed by atoms with Crippen LogP contribution in [0.3, 0.4) is 0 Å². The number of phenols is 1. The molecule has 1 amide bonds. The van der Waals surface area contributed by atoms with Gasteiger partial charge in [-0.1, -0.05) is 35.7 Å². The molecule has 176 valence electrons. The van der Waals surface area contributed by atoms with Gasteiger partial charge in [-0.2, -0.15) is 0 Å². The summed E-state index contributed by atoms with van der Waals surface area (Å²) >= 11 is 1.78. The predicted molar refractivity (Wildman–Crippen MR) is 126 cm³/mol. The van der Waals surface area contributed by atoms with Crippen LogP contribution in [0.25, 0.3) is 10.4 Å². The first-order valence-electron chi connectivity index (χ1n) is 9.53. The number of nitrogens with one attached hydrogen (secondary N) is 1. The van der Waals surface area contributed by atoms with Gasteiger partial charge in [-0.3, -0.25) is 14.2 Å². The molecule has 0 aliphatic carbocycles. The van der Waals surface area contributed by atoms with Crippen molar-refractivity contribution in [2.24, 2.45) is 10.8 Å². The second-order valence-electron chi connectivity index (χ2n) is 6.92. The Kier molecular flexibility index (Phi) is 11.7. The topological polar surface area (TPSA) is 219 Å². The van der Waals surface area contributed by atoms with E-state index in [-0.39, 0.29) is 20.6 Å². The number of carbonyl (C=O) groups is 2. The van der Waals surface area contributed by atoms with E-state index < -0.39 is 31.7 Å². The third-order valence-corrected chi connectivity index (χ3v) is 6.19. The molecule has 1 rings (SSSR count). The highest BCUT2D eigenvalue weighted by Crippen LogP contribution is 2.38. The number of aromatic hydroxyl groups is 1. The summed E-state index contributed by atoms with van der Waals surface area (Å²) in [6, 6.07) is 1.48. The fourth-order valence-electron chi connectivity index (χ4n) is 2.80. The molecule has 1 unspecified atom stereocenters. The first kappa shape index (κ1) is 27.9. The second kappa shape index (κ2) is 13.4. The van der Waals surface area contributed by atoms with Crippen LogP contribution >= 0.6 is 30.2 Å². The number of phenolic OH excluding ortho intramolecular Hbond substituents is 1. The molecule has 0 spiro atoms. The molecule has 12 nitrogen and oxygen atoms in total. The fraction of sp³-hybridized carbons (Fsp3) is 0.444. The lowest BCUT2D eigenvalue weighted by Crippen LogP contribution is -2.28. The summed E-state index contributed by atoms with van der Waals surface area (Å²) in [6.07, 6.45) is 3.56. The molecular weight excluding hydrogens is 556 g/mol. The summed E-state index contributed by atoms with van der Waals surface area (Å²) in [5.74, 6) is -2.02. The zero-order valence-electron chi connectivity index (χ0n) is 17.0. The molecule has 32 heavy (non-hydrogen) atoms. The molecule has 1 atom stereocenters. The van der Waals surface area contributed by atoms with Gasteiger partial charge in [0.15, 0.2) is 0 Å². The average Bonchev–Trinajstić information content (AvgIpc) is 2.69. The van der Waals surface area contributed by atoms with Crippen molar-refractivity contribution >= 4 is 47.8 Å². The van der Waals surface area contributed by atoms with Crippen molar-refractivity contribution in [3.05, 3.63) is 43.4 Å². The maximum absolute atomic E-state index is 12.2. The molecule has 7 N–H and O–H groups in total. The fourth-order valence-corrected chi connectivity index (χ4v) is 4.17. The van der Waals surface area contributed by atoms with Gasteiger partial charge in [-0.25, -0.2) is 0 Å². The lowest BCUT2D eigenvalue weighted by Gasteiger charge is -2.11. The van der Waals surface area contributed by atoms with E-state index in [1.807, 2.05) is 0 Å². The number of nitrogens with zero attached hydrogens (tertiary/aromatic N) is 3. The lowest BCUT2D eigenvalue weighted by molar-refractivity contribution is -0.137. The molecule has 0 heterocycles. The zero-order chi connectivity index (χ0) is 24.3. The van der Waals surface area contributed by atoms with Gasteiger partial charge in [-0.05, 0) is 53.5 Å². The van der Waals surface area contributed by atoms with Crippen molar-refractivity contribution in [2.75, 3.05) is 12.7 Å². The van der Waals surface area contributed by atoms with Crippen LogP contribution in [0.4, 0.5) is 5.69 Å². The second-order valence-corrected chi connectivity index (χ2v) is 9.64. The van der Waals surface area contributed by atoms with Gasteiger partial charge in [0, 0.05) is 11.5 Å². The molecule has 0 fully saturated rings. The van der Waals surface area contributed by atoms with Gasteiger partial charge in [0.1, 0.15) is 11.8 Å². The minimum absolute atomic E-state index is 0.0632. The summed E-state index contributed by atoms with van der Waals surface area (Å²) in [6.45, 7) is 0.349. The van der Waals surface area contributed by atoms with E-state index in [1.165, 1.54) is 18.2 Å². The number of benzene rings is 1. The highest BCUT2D eigenvalue weighted by molar-refractivity contribution is 14.1. The van der Waals surface area contributed by atoms with Gasteiger partial charge < -0.3 is 31.1 Å². The summed E-state index contributed by atoms with van der Waals surface area (Å²) in [7, 11) is -4.34. The summed E-state index contributed by atoms with van der Waals surface area (Å²) < 4.78 is 11.5. The number of hydrogen-bond donors (Lipinski definition) is 6. The number of unbranched alkanes of at least 4 members (excludes halogenated alkanes) is 3. The third-order valence-electron chi connectivity index (χ3n) is 4.31. The Bertz CT molecular complexity index is 959. The Morgan fingerprint density at radius 3 is 2.53 bits per heavy atom. The summed E-state index contributed by atoms with van der Waals surface area (Å²) in [4.78, 5) is 44.0. The van der Waals surface area contributed by atoms with Crippen molar-refractivity contribution < 1.29 is 34.2 Å². The van der Waals surface area contributed by atoms with Gasteiger partial charge >= 0.3 is 13.6 Å². The number of halogens is 1. The molecular formula is C18H25IN5O7P. The number of aliphatic carboxylic acids is 1. The molecule has 1 aromatic rings. The van der Waals surface area contributed by atoms with Gasteiger partial charge in [0.05, 0.1) is 21.0 Å². The van der Waals surface area contributed by atoms with Crippen molar-refractivity contribution in [1.29, 1.82) is 0 Å². The summed E-state index contributed by atoms with van der Waals surface area (Å²) in [5, 5.41) is 25.1. The van der Waals surface area contributed by atoms with E-state index in [1.54, 1.807) is 22.6 Å². The molecule has 0 radical (unpaired) electrons. The van der Waals surface area contributed by atoms with Crippen LogP contribution in [0.5, 0.6) is 5.75 Å². The molecule has 0 aromatic heterocycles. The highest BCUT2D eigenvalue weighted by atomic mass is 127. The van der Waals surface area contributed by atoms with Crippen LogP contribution in [0.2, 0.25) is 0 Å². The Hall–Kier alpha value is -2.15. The van der Waals surface area contributed by atoms with Crippen molar-refractivity contribution in [2.45, 2.75) is 38.1 Å². The Labute approximate surface area is 197 Å². The quantitative estimate of drug-likeness (QED) is 0.0386. The van der Waals surface area contributed by atoms with Gasteiger partial charge in [-0.15, -0.1) is 0 Å². The first-order chi connectivity index (χ1) is 15.0. The normalized spacial score (nSPS) is 12.7. The largest absolute Gasteiger partial charge is 0.506 e. The number of amides is 1. The van der Waals surface area contributed by atoms with Crippen LogP contribution < -0.4 is 11.1 Å². The minimum Gasteiger partial charge on any atom is -0.506 e. The lowest BCUT2D eigenvalue weighted by atomic mass is 10.1. The van der Waals surface area contributed by atoms with Crippen LogP contribution in [0.1, 0.15) is 42.5 Å². The Balaban J connectivity index is 2.46. The van der Waals surface area contributed by atoms with Crippen LogP contribution in [-0.2, 0) is 9.36 Å². The number of carboxylic acids is 1. The third kappa shape index (κ3) is 9.98. The van der Waals surface area contributed by atoms with E-state index in [2.05, 4.69) is 15.3 Å². The number of azide groups is 1. The monoisotopic (exact) mass is 581 g/mol. The maximum Gasteiger partial charge on any atom is 0.329 e. The van der Waals surface area contributed by atoms with E-state index in [0.29, 0.717) is 44.2 Å². The zero-order valence-corrected chi connectivity index (χ0v) is 20.1. The van der Waals surface area contributed by atoms with Crippen molar-refractivity contribution in [1.82, 2.24) is 5.32 Å². The van der Waals surface area contributed by atoms with E-state index >= 15 is 0 Å². The van der Waals surface area contributed by atoms with Crippen LogP contribution in [0, 0.1) is 3.57 Å². The first-order valence-corrected chi connectivity index (χ1v) is 12.4. The van der Waals surface area contributed by atoms with E-state index in [9.17, 15) is 19.3 Å². The molecule has 0 bridgehead atoms. The molecule has 0 aliphatic rings. The van der Waals surface area contributed by atoms with E-state index in [4.69, 9.17) is 26.2 Å². The number of nitrogens with two attached hydrogens (primary N) is 1. The number of carbonyl (C=O) groups excluding carboxylic acids is 1. The van der Waals surface area contributed by atoms with Gasteiger partial charge in [0.25, 0.3) is 5.91 Å². The maximum atomic E-state index is 12.2. The number of carboxylic acid groups (broad SMARTS) is 1. The standard InChI is InChI=1S/C18H25IN5O7P/c19-15-14(23-24-21)7-6-12(16(15)25)17(26)22-8-4-2-1-3-5-11(10-32(29,30)31)9-13(20)18(27)28/h6-7,9,13,25H,1-5,8,10,20H2,(H,22,26)(H,27,28)(H2,29,30,31). The van der Waals surface area contributed by atoms with E-state index in [0.717, 1.165) is 0 Å². The van der Waals surface area contributed by atoms with Crippen LogP contribution in [0.15, 0.2) is 28.9 Å². The van der Waals surface area contributed by atoms with Gasteiger partial charge in [0.2, 0.25) is 0 Å². The molecule has 14 heteroatoms. The number of allylic oxidation sites excluding steroid dienone is 1. The smallest absolute Gasteiger partial charge is 0.329 e. The number of hydrogen-bond acceptors (Lipinski definition) is 6. The number of rotatable bonds is 13. The molecule has 0 aliphatic heterocycles. The highest BCUT2D eigenvalue weighted by Gasteiger charge is 2.18. The summed E-state index contributed by atoms with van der Waals surface area (Å²) in [5.41, 5.74) is 14.5. The van der Waals surface area contributed by atoms with Crippen molar-refractivity contribution in [3.63, 3.8) is 0 Å². The predicted octanol–water partition coefficient (Wildman–Crippen LogP) is 3.13.